The maximum absolute atomic E-state index is 0. The van der Waals surface area contributed by atoms with E-state index in [1.807, 2.05) is 0 Å². The molecule has 0 N–H and O–H groups in total. The Hall–Kier alpha value is 1.75. The van der Waals surface area contributed by atoms with Crippen LogP contribution in [-0.4, -0.2) is 24.4 Å². The molecule has 0 heterocycles. The molecule has 0 aromatic rings. The van der Waals surface area contributed by atoms with Crippen molar-refractivity contribution < 1.29 is 47.5 Å². The summed E-state index contributed by atoms with van der Waals surface area (Å²) in [6.07, 6.45) is 0. The van der Waals surface area contributed by atoms with Gasteiger partial charge in [-0.15, -0.1) is 0 Å². The zero-order chi connectivity index (χ0) is 0. The zero-order valence-corrected chi connectivity index (χ0v) is 8.89. The second kappa shape index (κ2) is 42.4. The molecule has 0 spiro atoms. The van der Waals surface area contributed by atoms with Gasteiger partial charge in [0.05, 0.1) is 0 Å². The summed E-state index contributed by atoms with van der Waals surface area (Å²) >= 11 is 0. The first-order chi connectivity index (χ1) is 0. The van der Waals surface area contributed by atoms with E-state index in [1.54, 1.807) is 0 Å². The van der Waals surface area contributed by atoms with E-state index in [1.165, 1.54) is 0 Å². The van der Waals surface area contributed by atoms with Gasteiger partial charge in [0.15, 0.2) is 0 Å². The molecule has 0 amide bonds. The van der Waals surface area contributed by atoms with Crippen LogP contribution in [0.1, 0.15) is 0 Å². The van der Waals surface area contributed by atoms with Crippen molar-refractivity contribution in [1.29, 1.82) is 0 Å². The monoisotopic (exact) mass is 407 g/mol. The van der Waals surface area contributed by atoms with Gasteiger partial charge in [-0.3, -0.25) is 0 Å². The van der Waals surface area contributed by atoms with Crippen molar-refractivity contribution in [3.63, 3.8) is 0 Å². The number of hydrogen-bond donors (Lipinski definition) is 0. The Morgan fingerprint density at radius 3 is 0.600 bits per heavy atom. The van der Waals surface area contributed by atoms with E-state index < -0.39 is 0 Å². The Morgan fingerprint density at radius 2 is 0.600 bits per heavy atom. The minimum atomic E-state index is 0. The predicted molar refractivity (Wildman–Crippen MR) is 7.81 cm³/mol. The molecule has 0 rings (SSSR count). The van der Waals surface area contributed by atoms with E-state index in [2.05, 4.69) is 0 Å². The fourth-order valence-electron chi connectivity index (χ4n) is 0. The van der Waals surface area contributed by atoms with Crippen molar-refractivity contribution in [3.8, 4) is 0 Å². The Balaban J connectivity index is 0. The molecule has 3 nitrogen and oxygen atoms in total. The summed E-state index contributed by atoms with van der Waals surface area (Å²) in [5.74, 6) is 0. The van der Waals surface area contributed by atoms with E-state index in [-0.39, 0.29) is 72.0 Å². The van der Waals surface area contributed by atoms with E-state index in [9.17, 15) is 0 Å². The van der Waals surface area contributed by atoms with Crippen molar-refractivity contribution in [1.82, 2.24) is 0 Å². The molecule has 0 aromatic carbocycles. The molecule has 0 aliphatic heterocycles. The Labute approximate surface area is 71.3 Å². The fourth-order valence-corrected chi connectivity index (χ4v) is 0. The van der Waals surface area contributed by atoms with E-state index in [4.69, 9.17) is 0 Å². The fraction of sp³-hybridized carbons (Fsp3) is 0. The van der Waals surface area contributed by atoms with Gasteiger partial charge in [-0.2, -0.15) is 0 Å². The van der Waals surface area contributed by atoms with Gasteiger partial charge >= 0.3 is 31.1 Å². The van der Waals surface area contributed by atoms with Crippen molar-refractivity contribution in [2.24, 2.45) is 0 Å². The quantitative estimate of drug-likeness (QED) is 0.474. The maximum atomic E-state index is 0. The molecule has 0 unspecified atom stereocenters. The molecule has 0 atom stereocenters. The molecule has 3 radical (unpaired) electrons. The summed E-state index contributed by atoms with van der Waals surface area (Å²) in [7, 11) is 0. The largest absolute Gasteiger partial charge is 6.00 e. The first-order valence-electron chi connectivity index (χ1n) is 0. The minimum absolute atomic E-state index is 0. The van der Waals surface area contributed by atoms with Gasteiger partial charge in [0, 0.05) is 24.4 Å². The molecule has 27 valence electrons. The standard InChI is InChI=1S/3O.Sb.U/q3*-2;;+6. The van der Waals surface area contributed by atoms with Crippen LogP contribution in [0.4, 0.5) is 0 Å². The molecule has 0 aromatic heterocycles. The van der Waals surface area contributed by atoms with Crippen LogP contribution in [0.5, 0.6) is 0 Å². The Bertz CT molecular complexity index is 6.85. The molecule has 5 heavy (non-hydrogen) atoms. The summed E-state index contributed by atoms with van der Waals surface area (Å²) in [5, 5.41) is 0. The van der Waals surface area contributed by atoms with E-state index >= 15 is 0 Å². The smallest absolute Gasteiger partial charge is 2.00 e. The van der Waals surface area contributed by atoms with Crippen molar-refractivity contribution in [2.75, 3.05) is 0 Å². The van der Waals surface area contributed by atoms with E-state index in [0.29, 0.717) is 0 Å². The van der Waals surface area contributed by atoms with Gasteiger partial charge < -0.3 is 16.4 Å². The van der Waals surface area contributed by atoms with Crippen LogP contribution in [0.15, 0.2) is 0 Å². The molecule has 5 heteroatoms. The molecule has 0 fully saturated rings. The van der Waals surface area contributed by atoms with Gasteiger partial charge in [0.2, 0.25) is 0 Å². The average molecular weight is 408 g/mol. The minimum Gasteiger partial charge on any atom is -2.00 e. The maximum Gasteiger partial charge on any atom is 6.00 e. The van der Waals surface area contributed by atoms with Crippen LogP contribution in [0, 0.1) is 31.1 Å². The Kier molecular flexibility index (Phi) is 617. The van der Waals surface area contributed by atoms with Crippen LogP contribution >= 0.6 is 0 Å². The first kappa shape index (κ1) is 72.9. The summed E-state index contributed by atoms with van der Waals surface area (Å²) in [5.41, 5.74) is 0. The van der Waals surface area contributed by atoms with Crippen LogP contribution in [-0.2, 0) is 16.4 Å². The average Bonchev–Trinajstić information content (AvgIpc) is 0. The molecule has 0 bridgehead atoms. The van der Waals surface area contributed by atoms with Gasteiger partial charge in [0.25, 0.3) is 0 Å². The summed E-state index contributed by atoms with van der Waals surface area (Å²) < 4.78 is 0. The third-order valence-electron chi connectivity index (χ3n) is 0. The first-order valence-corrected chi connectivity index (χ1v) is 0. The van der Waals surface area contributed by atoms with Gasteiger partial charge in [0.1, 0.15) is 0 Å². The molecule has 0 aliphatic carbocycles. The second-order valence-corrected chi connectivity index (χ2v) is 0. The van der Waals surface area contributed by atoms with Gasteiger partial charge in [-0.05, 0) is 0 Å². The van der Waals surface area contributed by atoms with Crippen LogP contribution in [0.3, 0.4) is 0 Å². The SMILES string of the molecule is [O-2].[O-2].[O-2].[Sb].[U+6]. The van der Waals surface area contributed by atoms with Crippen molar-refractivity contribution in [2.45, 2.75) is 0 Å². The molecule has 0 saturated heterocycles. The van der Waals surface area contributed by atoms with Crippen molar-refractivity contribution >= 4 is 24.4 Å². The second-order valence-electron chi connectivity index (χ2n) is 0. The van der Waals surface area contributed by atoms with Crippen LogP contribution < -0.4 is 0 Å². The van der Waals surface area contributed by atoms with Gasteiger partial charge in [-0.1, -0.05) is 0 Å². The van der Waals surface area contributed by atoms with Crippen LogP contribution in [0.2, 0.25) is 0 Å². The Morgan fingerprint density at radius 1 is 0.600 bits per heavy atom. The number of hydrogen-bond acceptors (Lipinski definition) is 0. The molecule has 0 aliphatic rings. The van der Waals surface area contributed by atoms with Gasteiger partial charge in [-0.25, -0.2) is 0 Å². The van der Waals surface area contributed by atoms with E-state index in [0.717, 1.165) is 0 Å². The third-order valence-corrected chi connectivity index (χ3v) is 0. The molecular formula is O3SbU. The summed E-state index contributed by atoms with van der Waals surface area (Å²) in [6.45, 7) is 0. The molecule has 0 saturated carbocycles. The van der Waals surface area contributed by atoms with Crippen LogP contribution in [0.25, 0.3) is 0 Å². The predicted octanol–water partition coefficient (Wildman–Crippen LogP) is -0.737. The topological polar surface area (TPSA) is 85.5 Å². The normalized spacial score (nSPS) is 0. The third kappa shape index (κ3) is 26.4. The molecular weight excluding hydrogens is 408 g/mol. The summed E-state index contributed by atoms with van der Waals surface area (Å²) in [4.78, 5) is 0. The zero-order valence-electron chi connectivity index (χ0n) is 2.17. The summed E-state index contributed by atoms with van der Waals surface area (Å²) in [6, 6.07) is 0. The number of rotatable bonds is 0. The van der Waals surface area contributed by atoms with Crippen molar-refractivity contribution in [3.05, 3.63) is 0 Å².